The van der Waals surface area contributed by atoms with Gasteiger partial charge in [0.15, 0.2) is 0 Å². The number of rotatable bonds is 5. The Balaban J connectivity index is 1.91. The third kappa shape index (κ3) is 3.98. The van der Waals surface area contributed by atoms with Crippen molar-refractivity contribution >= 4 is 5.91 Å². The van der Waals surface area contributed by atoms with Crippen LogP contribution in [0.2, 0.25) is 0 Å². The molecule has 1 aliphatic rings. The molecule has 2 rings (SSSR count). The largest absolute Gasteiger partial charge is 0.353 e. The van der Waals surface area contributed by atoms with Gasteiger partial charge in [0, 0.05) is 24.3 Å². The second kappa shape index (κ2) is 6.08. The number of aromatic amines is 1. The van der Waals surface area contributed by atoms with E-state index < -0.39 is 0 Å². The summed E-state index contributed by atoms with van der Waals surface area (Å²) in [4.78, 5) is 23.6. The first-order valence-electron chi connectivity index (χ1n) is 7.12. The SMILES string of the molecule is CC(C)Cn1[nH]c(CC(=O)NC2CCCC2)cc1=O. The van der Waals surface area contributed by atoms with E-state index in [0.717, 1.165) is 12.8 Å². The quantitative estimate of drug-likeness (QED) is 0.846. The molecule has 1 amide bonds. The lowest BCUT2D eigenvalue weighted by Gasteiger charge is -2.11. The average molecular weight is 265 g/mol. The van der Waals surface area contributed by atoms with Crippen LogP contribution in [0.5, 0.6) is 0 Å². The normalized spacial score (nSPS) is 16.2. The average Bonchev–Trinajstić information content (AvgIpc) is 2.89. The van der Waals surface area contributed by atoms with Crippen LogP contribution in [-0.4, -0.2) is 21.7 Å². The van der Waals surface area contributed by atoms with Gasteiger partial charge in [-0.2, -0.15) is 0 Å². The molecular formula is C14H23N3O2. The monoisotopic (exact) mass is 265 g/mol. The summed E-state index contributed by atoms with van der Waals surface area (Å²) in [6.07, 6.45) is 4.82. The summed E-state index contributed by atoms with van der Waals surface area (Å²) in [5, 5.41) is 6.04. The van der Waals surface area contributed by atoms with E-state index in [4.69, 9.17) is 0 Å². The van der Waals surface area contributed by atoms with Gasteiger partial charge < -0.3 is 5.32 Å². The molecular weight excluding hydrogens is 242 g/mol. The molecule has 0 spiro atoms. The minimum Gasteiger partial charge on any atom is -0.353 e. The van der Waals surface area contributed by atoms with E-state index in [9.17, 15) is 9.59 Å². The van der Waals surface area contributed by atoms with Gasteiger partial charge in [-0.1, -0.05) is 26.7 Å². The Labute approximate surface area is 113 Å². The highest BCUT2D eigenvalue weighted by atomic mass is 16.2. The van der Waals surface area contributed by atoms with Gasteiger partial charge in [-0.25, -0.2) is 0 Å². The molecule has 1 heterocycles. The summed E-state index contributed by atoms with van der Waals surface area (Å²) in [5.74, 6) is 0.404. The number of nitrogens with zero attached hydrogens (tertiary/aromatic N) is 1. The Kier molecular flexibility index (Phi) is 4.45. The molecule has 1 fully saturated rings. The lowest BCUT2D eigenvalue weighted by Crippen LogP contribution is -2.33. The highest BCUT2D eigenvalue weighted by molar-refractivity contribution is 5.78. The molecule has 5 nitrogen and oxygen atoms in total. The van der Waals surface area contributed by atoms with Gasteiger partial charge in [0.25, 0.3) is 5.56 Å². The molecule has 0 aromatic carbocycles. The third-order valence-corrected chi connectivity index (χ3v) is 3.46. The second-order valence-electron chi connectivity index (χ2n) is 5.85. The minimum atomic E-state index is -0.0580. The third-order valence-electron chi connectivity index (χ3n) is 3.46. The molecule has 0 aliphatic heterocycles. The van der Waals surface area contributed by atoms with E-state index in [-0.39, 0.29) is 17.9 Å². The maximum atomic E-state index is 11.9. The second-order valence-corrected chi connectivity index (χ2v) is 5.85. The number of hydrogen-bond donors (Lipinski definition) is 2. The highest BCUT2D eigenvalue weighted by Crippen LogP contribution is 2.17. The molecule has 0 saturated heterocycles. The minimum absolute atomic E-state index is 0.00449. The first-order valence-corrected chi connectivity index (χ1v) is 7.12. The topological polar surface area (TPSA) is 66.9 Å². The van der Waals surface area contributed by atoms with Crippen LogP contribution in [-0.2, 0) is 17.8 Å². The molecule has 1 aromatic heterocycles. The zero-order chi connectivity index (χ0) is 13.8. The van der Waals surface area contributed by atoms with Gasteiger partial charge in [-0.15, -0.1) is 0 Å². The number of carbonyl (C=O) groups excluding carboxylic acids is 1. The van der Waals surface area contributed by atoms with E-state index in [0.29, 0.717) is 24.2 Å². The summed E-state index contributed by atoms with van der Waals surface area (Å²) in [6, 6.07) is 1.85. The van der Waals surface area contributed by atoms with Gasteiger partial charge in [0.1, 0.15) is 0 Å². The van der Waals surface area contributed by atoms with Crippen LogP contribution in [0.3, 0.4) is 0 Å². The molecule has 5 heteroatoms. The van der Waals surface area contributed by atoms with Crippen LogP contribution >= 0.6 is 0 Å². The molecule has 0 radical (unpaired) electrons. The fourth-order valence-electron chi connectivity index (χ4n) is 2.60. The Morgan fingerprint density at radius 3 is 2.79 bits per heavy atom. The lowest BCUT2D eigenvalue weighted by molar-refractivity contribution is -0.121. The van der Waals surface area contributed by atoms with Crippen molar-refractivity contribution in [3.05, 3.63) is 22.1 Å². The number of amides is 1. The Morgan fingerprint density at radius 1 is 1.47 bits per heavy atom. The summed E-state index contributed by atoms with van der Waals surface area (Å²) >= 11 is 0. The Bertz CT molecular complexity index is 481. The predicted octanol–water partition coefficient (Wildman–Crippen LogP) is 1.43. The van der Waals surface area contributed by atoms with Crippen molar-refractivity contribution in [2.45, 2.75) is 58.5 Å². The van der Waals surface area contributed by atoms with E-state index in [1.807, 2.05) is 0 Å². The van der Waals surface area contributed by atoms with Gasteiger partial charge in [0.05, 0.1) is 6.42 Å². The van der Waals surface area contributed by atoms with Crippen molar-refractivity contribution in [2.75, 3.05) is 0 Å². The number of nitrogens with one attached hydrogen (secondary N) is 2. The first-order chi connectivity index (χ1) is 9.04. The molecule has 0 bridgehead atoms. The zero-order valence-electron chi connectivity index (χ0n) is 11.7. The molecule has 1 aromatic rings. The Morgan fingerprint density at radius 2 is 2.16 bits per heavy atom. The number of aromatic nitrogens is 2. The van der Waals surface area contributed by atoms with Gasteiger partial charge in [-0.3, -0.25) is 19.4 Å². The highest BCUT2D eigenvalue weighted by Gasteiger charge is 2.17. The summed E-state index contributed by atoms with van der Waals surface area (Å²) in [7, 11) is 0. The molecule has 106 valence electrons. The maximum Gasteiger partial charge on any atom is 0.266 e. The van der Waals surface area contributed by atoms with E-state index in [2.05, 4.69) is 24.3 Å². The van der Waals surface area contributed by atoms with Gasteiger partial charge in [0.2, 0.25) is 5.91 Å². The summed E-state index contributed by atoms with van der Waals surface area (Å²) in [6.45, 7) is 4.77. The van der Waals surface area contributed by atoms with Crippen LogP contribution in [0.15, 0.2) is 10.9 Å². The molecule has 0 atom stereocenters. The van der Waals surface area contributed by atoms with Crippen LogP contribution < -0.4 is 10.9 Å². The smallest absolute Gasteiger partial charge is 0.266 e. The van der Waals surface area contributed by atoms with Crippen LogP contribution in [0.1, 0.15) is 45.2 Å². The molecule has 0 unspecified atom stereocenters. The van der Waals surface area contributed by atoms with Crippen molar-refractivity contribution in [3.8, 4) is 0 Å². The molecule has 1 saturated carbocycles. The van der Waals surface area contributed by atoms with E-state index in [1.165, 1.54) is 18.9 Å². The molecule has 1 aliphatic carbocycles. The van der Waals surface area contributed by atoms with Gasteiger partial charge >= 0.3 is 0 Å². The summed E-state index contributed by atoms with van der Waals surface area (Å²) in [5.41, 5.74) is 0.638. The predicted molar refractivity (Wildman–Crippen MR) is 74.0 cm³/mol. The maximum absolute atomic E-state index is 11.9. The standard InChI is InChI=1S/C14H23N3O2/c1-10(2)9-17-14(19)8-12(16-17)7-13(18)15-11-5-3-4-6-11/h8,10-11,16H,3-7,9H2,1-2H3,(H,15,18). The fraction of sp³-hybridized carbons (Fsp3) is 0.714. The number of H-pyrrole nitrogens is 1. The van der Waals surface area contributed by atoms with Crippen molar-refractivity contribution in [2.24, 2.45) is 5.92 Å². The van der Waals surface area contributed by atoms with Crippen LogP contribution in [0.4, 0.5) is 0 Å². The summed E-state index contributed by atoms with van der Waals surface area (Å²) < 4.78 is 1.57. The van der Waals surface area contributed by atoms with Gasteiger partial charge in [-0.05, 0) is 18.8 Å². The van der Waals surface area contributed by atoms with Crippen molar-refractivity contribution < 1.29 is 4.79 Å². The van der Waals surface area contributed by atoms with Crippen molar-refractivity contribution in [1.82, 2.24) is 15.1 Å². The molecule has 2 N–H and O–H groups in total. The first kappa shape index (κ1) is 13.9. The van der Waals surface area contributed by atoms with Crippen LogP contribution in [0, 0.1) is 5.92 Å². The van der Waals surface area contributed by atoms with Crippen molar-refractivity contribution in [1.29, 1.82) is 0 Å². The Hall–Kier alpha value is -1.52. The number of hydrogen-bond acceptors (Lipinski definition) is 2. The van der Waals surface area contributed by atoms with E-state index >= 15 is 0 Å². The molecule has 19 heavy (non-hydrogen) atoms. The fourth-order valence-corrected chi connectivity index (χ4v) is 2.60. The van der Waals surface area contributed by atoms with Crippen molar-refractivity contribution in [3.63, 3.8) is 0 Å². The van der Waals surface area contributed by atoms with Crippen LogP contribution in [0.25, 0.3) is 0 Å². The van der Waals surface area contributed by atoms with E-state index in [1.54, 1.807) is 4.68 Å². The lowest BCUT2D eigenvalue weighted by atomic mass is 10.2. The number of carbonyl (C=O) groups is 1. The zero-order valence-corrected chi connectivity index (χ0v) is 11.7.